The first-order valence-electron chi connectivity index (χ1n) is 9.89. The maximum absolute atomic E-state index is 13.4. The number of pyridine rings is 2. The number of fused-ring (bicyclic) bond motifs is 2. The van der Waals surface area contributed by atoms with Crippen molar-refractivity contribution in [1.82, 2.24) is 14.5 Å². The van der Waals surface area contributed by atoms with E-state index in [0.717, 1.165) is 11.1 Å². The zero-order chi connectivity index (χ0) is 22.1. The summed E-state index contributed by atoms with van der Waals surface area (Å²) < 4.78 is 20.3. The van der Waals surface area contributed by atoms with Gasteiger partial charge in [-0.15, -0.1) is 0 Å². The molecule has 3 aromatic rings. The SMILES string of the molecule is CC(=O)Oc1c2n(c(=NN)c3c(C)ccnc13)CCN(CCc1ccc(F)cc1)C2=O. The number of amides is 1. The van der Waals surface area contributed by atoms with Gasteiger partial charge in [-0.3, -0.25) is 14.6 Å². The van der Waals surface area contributed by atoms with Crippen LogP contribution >= 0.6 is 0 Å². The van der Waals surface area contributed by atoms with Crippen LogP contribution in [0.3, 0.4) is 0 Å². The smallest absolute Gasteiger partial charge is 0.308 e. The maximum Gasteiger partial charge on any atom is 0.308 e. The van der Waals surface area contributed by atoms with E-state index in [4.69, 9.17) is 10.6 Å². The summed E-state index contributed by atoms with van der Waals surface area (Å²) in [6.45, 7) is 4.45. The van der Waals surface area contributed by atoms with Crippen LogP contribution in [-0.4, -0.2) is 39.4 Å². The Bertz CT molecular complexity index is 1250. The first-order valence-corrected chi connectivity index (χ1v) is 9.89. The van der Waals surface area contributed by atoms with Crippen LogP contribution in [0.5, 0.6) is 5.75 Å². The Labute approximate surface area is 177 Å². The summed E-state index contributed by atoms with van der Waals surface area (Å²) in [7, 11) is 0. The zero-order valence-corrected chi connectivity index (χ0v) is 17.3. The number of carbonyl (C=O) groups is 2. The lowest BCUT2D eigenvalue weighted by Gasteiger charge is -2.31. The standard InChI is InChI=1S/C22H22FN5O3/c1-13-7-9-25-18-17(13)21(26-24)28-12-11-27(10-8-15-3-5-16(23)6-4-15)22(30)19(28)20(18)31-14(2)29/h3-7,9H,8,10-12,24H2,1-2H3. The van der Waals surface area contributed by atoms with E-state index >= 15 is 0 Å². The second kappa shape index (κ2) is 8.17. The summed E-state index contributed by atoms with van der Waals surface area (Å²) in [5, 5.41) is 4.57. The molecule has 0 radical (unpaired) electrons. The van der Waals surface area contributed by atoms with Gasteiger partial charge in [-0.25, -0.2) is 4.39 Å². The van der Waals surface area contributed by atoms with Gasteiger partial charge in [0, 0.05) is 32.8 Å². The average Bonchev–Trinajstić information content (AvgIpc) is 2.74. The molecule has 0 saturated heterocycles. The number of aryl methyl sites for hydroxylation is 1. The minimum Gasteiger partial charge on any atom is -0.422 e. The number of benzene rings is 1. The number of halogens is 1. The topological polar surface area (TPSA) is 103 Å². The molecule has 160 valence electrons. The second-order valence-corrected chi connectivity index (χ2v) is 7.40. The molecule has 8 nitrogen and oxygen atoms in total. The van der Waals surface area contributed by atoms with Crippen molar-refractivity contribution in [2.45, 2.75) is 26.8 Å². The lowest BCUT2D eigenvalue weighted by atomic mass is 10.1. The summed E-state index contributed by atoms with van der Waals surface area (Å²) in [6, 6.07) is 7.99. The fraction of sp³-hybridized carbons (Fsp3) is 0.273. The van der Waals surface area contributed by atoms with Crippen molar-refractivity contribution in [2.24, 2.45) is 10.9 Å². The molecule has 0 aliphatic carbocycles. The molecule has 9 heteroatoms. The van der Waals surface area contributed by atoms with Gasteiger partial charge in [-0.1, -0.05) is 12.1 Å². The summed E-state index contributed by atoms with van der Waals surface area (Å²) in [5.74, 6) is 4.64. The van der Waals surface area contributed by atoms with E-state index in [1.807, 2.05) is 6.92 Å². The van der Waals surface area contributed by atoms with E-state index in [1.54, 1.807) is 33.9 Å². The molecule has 0 bridgehead atoms. The number of carbonyl (C=O) groups excluding carboxylic acids is 2. The van der Waals surface area contributed by atoms with E-state index in [1.165, 1.54) is 19.1 Å². The minimum atomic E-state index is -0.555. The van der Waals surface area contributed by atoms with Crippen LogP contribution in [-0.2, 0) is 17.8 Å². The number of nitrogens with two attached hydrogens (primary N) is 1. The number of nitrogens with zero attached hydrogens (tertiary/aromatic N) is 4. The largest absolute Gasteiger partial charge is 0.422 e. The lowest BCUT2D eigenvalue weighted by molar-refractivity contribution is -0.131. The Kier molecular flexibility index (Phi) is 5.41. The molecule has 0 saturated carbocycles. The number of hydrogen-bond donors (Lipinski definition) is 1. The Morgan fingerprint density at radius 2 is 2.00 bits per heavy atom. The highest BCUT2D eigenvalue weighted by molar-refractivity contribution is 6.02. The Balaban J connectivity index is 1.80. The monoisotopic (exact) mass is 423 g/mol. The average molecular weight is 423 g/mol. The molecule has 2 N–H and O–H groups in total. The van der Waals surface area contributed by atoms with E-state index < -0.39 is 5.97 Å². The molecule has 0 spiro atoms. The van der Waals surface area contributed by atoms with Crippen LogP contribution in [0.15, 0.2) is 41.6 Å². The predicted octanol–water partition coefficient (Wildman–Crippen LogP) is 1.88. The molecule has 0 atom stereocenters. The molecule has 31 heavy (non-hydrogen) atoms. The molecule has 2 aromatic heterocycles. The maximum atomic E-state index is 13.4. The molecule has 0 fully saturated rings. The van der Waals surface area contributed by atoms with Gasteiger partial charge in [0.05, 0.1) is 5.39 Å². The third-order valence-electron chi connectivity index (χ3n) is 5.37. The van der Waals surface area contributed by atoms with Gasteiger partial charge in [0.1, 0.15) is 11.3 Å². The fourth-order valence-electron chi connectivity index (χ4n) is 3.89. The Hall–Kier alpha value is -3.75. The first kappa shape index (κ1) is 20.5. The van der Waals surface area contributed by atoms with Crippen LogP contribution in [0, 0.1) is 12.7 Å². The third-order valence-corrected chi connectivity index (χ3v) is 5.37. The molecule has 3 heterocycles. The van der Waals surface area contributed by atoms with Gasteiger partial charge in [0.15, 0.2) is 16.9 Å². The van der Waals surface area contributed by atoms with E-state index in [2.05, 4.69) is 10.1 Å². The highest BCUT2D eigenvalue weighted by atomic mass is 19.1. The number of rotatable bonds is 4. The summed E-state index contributed by atoms with van der Waals surface area (Å²) in [6.07, 6.45) is 2.15. The molecule has 0 unspecified atom stereocenters. The van der Waals surface area contributed by atoms with Crippen molar-refractivity contribution < 1.29 is 18.7 Å². The van der Waals surface area contributed by atoms with Gasteiger partial charge < -0.3 is 20.0 Å². The summed E-state index contributed by atoms with van der Waals surface area (Å²) >= 11 is 0. The Morgan fingerprint density at radius 1 is 1.26 bits per heavy atom. The van der Waals surface area contributed by atoms with Gasteiger partial charge in [-0.2, -0.15) is 5.10 Å². The quantitative estimate of drug-likeness (QED) is 0.392. The minimum absolute atomic E-state index is 0.107. The van der Waals surface area contributed by atoms with Gasteiger partial charge in [-0.05, 0) is 42.7 Å². The number of hydrogen-bond acceptors (Lipinski definition) is 6. The highest BCUT2D eigenvalue weighted by Crippen LogP contribution is 2.30. The Morgan fingerprint density at radius 3 is 2.68 bits per heavy atom. The summed E-state index contributed by atoms with van der Waals surface area (Å²) in [4.78, 5) is 31.3. The summed E-state index contributed by atoms with van der Waals surface area (Å²) in [5.41, 5.74) is 2.73. The molecular weight excluding hydrogens is 401 g/mol. The van der Waals surface area contributed by atoms with Crippen molar-refractivity contribution in [3.63, 3.8) is 0 Å². The fourth-order valence-corrected chi connectivity index (χ4v) is 3.89. The normalized spacial score (nSPS) is 14.1. The molecule has 1 aliphatic heterocycles. The van der Waals surface area contributed by atoms with Crippen molar-refractivity contribution in [1.29, 1.82) is 0 Å². The van der Waals surface area contributed by atoms with Crippen LogP contribution in [0.25, 0.3) is 10.9 Å². The van der Waals surface area contributed by atoms with Crippen LogP contribution in [0.4, 0.5) is 4.39 Å². The van der Waals surface area contributed by atoms with Gasteiger partial charge in [0.2, 0.25) is 0 Å². The predicted molar refractivity (Wildman–Crippen MR) is 112 cm³/mol. The number of aromatic nitrogens is 2. The lowest BCUT2D eigenvalue weighted by Crippen LogP contribution is -2.46. The number of esters is 1. The molecule has 4 rings (SSSR count). The van der Waals surface area contributed by atoms with Gasteiger partial charge in [0.25, 0.3) is 5.91 Å². The van der Waals surface area contributed by atoms with Gasteiger partial charge >= 0.3 is 5.97 Å². The molecule has 1 aromatic carbocycles. The van der Waals surface area contributed by atoms with E-state index in [0.29, 0.717) is 42.4 Å². The van der Waals surface area contributed by atoms with E-state index in [-0.39, 0.29) is 23.2 Å². The van der Waals surface area contributed by atoms with Crippen LogP contribution < -0.4 is 16.1 Å². The van der Waals surface area contributed by atoms with E-state index in [9.17, 15) is 14.0 Å². The van der Waals surface area contributed by atoms with Crippen molar-refractivity contribution in [3.8, 4) is 5.75 Å². The second-order valence-electron chi connectivity index (χ2n) is 7.40. The van der Waals surface area contributed by atoms with Crippen molar-refractivity contribution in [3.05, 3.63) is 64.7 Å². The van der Waals surface area contributed by atoms with Crippen LogP contribution in [0.2, 0.25) is 0 Å². The molecule has 1 aliphatic rings. The van der Waals surface area contributed by atoms with Crippen LogP contribution in [0.1, 0.15) is 28.5 Å². The van der Waals surface area contributed by atoms with Crippen molar-refractivity contribution in [2.75, 3.05) is 13.1 Å². The molecular formula is C22H22FN5O3. The first-order chi connectivity index (χ1) is 14.9. The highest BCUT2D eigenvalue weighted by Gasteiger charge is 2.32. The number of ether oxygens (including phenoxy) is 1. The third kappa shape index (κ3) is 3.74. The zero-order valence-electron chi connectivity index (χ0n) is 17.3. The molecule has 1 amide bonds. The van der Waals surface area contributed by atoms with Crippen molar-refractivity contribution >= 4 is 22.8 Å².